The number of benzene rings is 2. The molecule has 146 valence electrons. The van der Waals surface area contributed by atoms with Gasteiger partial charge in [0.2, 0.25) is 0 Å². The summed E-state index contributed by atoms with van der Waals surface area (Å²) in [4.78, 5) is 13.9. The number of amides is 1. The number of hydrogen-bond donors (Lipinski definition) is 2. The van der Waals surface area contributed by atoms with Gasteiger partial charge < -0.3 is 24.4 Å². The van der Waals surface area contributed by atoms with Gasteiger partial charge in [-0.1, -0.05) is 12.1 Å². The monoisotopic (exact) mass is 373 g/mol. The van der Waals surface area contributed by atoms with Gasteiger partial charge in [-0.15, -0.1) is 0 Å². The van der Waals surface area contributed by atoms with E-state index in [0.717, 1.165) is 16.9 Å². The first-order valence-corrected chi connectivity index (χ1v) is 8.86. The fraction of sp³-hybridized carbons (Fsp3) is 0.381. The number of nitrogens with one attached hydrogen (secondary N) is 2. The fourth-order valence-electron chi connectivity index (χ4n) is 3.09. The summed E-state index contributed by atoms with van der Waals surface area (Å²) in [5.41, 5.74) is 2.42. The fourth-order valence-corrected chi connectivity index (χ4v) is 3.09. The summed E-state index contributed by atoms with van der Waals surface area (Å²) in [5, 5.41) is 3.03. The highest BCUT2D eigenvalue weighted by molar-refractivity contribution is 5.95. The number of para-hydroxylation sites is 1. The standard InChI is InChI=1S/C21H28N2O4/c1-14-19(26-5)11-15(12-20(14)27-6)21(24)22-13-17(23(2)3)16-9-7-8-10-18(16)25-4/h7-12,17H,13H2,1-6H3,(H,22,24)/p+1/t17-/m1/s1. The van der Waals surface area contributed by atoms with Crippen LogP contribution in [0.3, 0.4) is 0 Å². The minimum absolute atomic E-state index is 0.0549. The van der Waals surface area contributed by atoms with Gasteiger partial charge >= 0.3 is 0 Å². The zero-order chi connectivity index (χ0) is 20.0. The summed E-state index contributed by atoms with van der Waals surface area (Å²) >= 11 is 0. The lowest BCUT2D eigenvalue weighted by Crippen LogP contribution is -3.07. The highest BCUT2D eigenvalue weighted by Gasteiger charge is 2.23. The van der Waals surface area contributed by atoms with Crippen LogP contribution in [0, 0.1) is 6.92 Å². The van der Waals surface area contributed by atoms with Crippen molar-refractivity contribution >= 4 is 5.91 Å². The number of carbonyl (C=O) groups excluding carboxylic acids is 1. The molecular formula is C21H29N2O4+. The van der Waals surface area contributed by atoms with E-state index in [1.165, 1.54) is 4.90 Å². The van der Waals surface area contributed by atoms with E-state index in [0.29, 0.717) is 23.6 Å². The van der Waals surface area contributed by atoms with Crippen molar-refractivity contribution in [1.82, 2.24) is 5.32 Å². The normalized spacial score (nSPS) is 11.8. The van der Waals surface area contributed by atoms with Crippen LogP contribution < -0.4 is 24.4 Å². The van der Waals surface area contributed by atoms with Crippen molar-refractivity contribution < 1.29 is 23.9 Å². The highest BCUT2D eigenvalue weighted by atomic mass is 16.5. The minimum Gasteiger partial charge on any atom is -0.496 e. The number of quaternary nitrogens is 1. The van der Waals surface area contributed by atoms with E-state index in [1.54, 1.807) is 33.5 Å². The number of likely N-dealkylation sites (N-methyl/N-ethyl adjacent to an activating group) is 1. The summed E-state index contributed by atoms with van der Waals surface area (Å²) in [6, 6.07) is 11.4. The molecule has 2 rings (SSSR count). The lowest BCUT2D eigenvalue weighted by Gasteiger charge is -2.24. The smallest absolute Gasteiger partial charge is 0.251 e. The van der Waals surface area contributed by atoms with Gasteiger partial charge in [0.25, 0.3) is 5.91 Å². The average Bonchev–Trinajstić information content (AvgIpc) is 2.68. The van der Waals surface area contributed by atoms with Crippen LogP contribution in [0.25, 0.3) is 0 Å². The molecule has 6 heteroatoms. The number of carbonyl (C=O) groups is 1. The molecule has 2 aromatic rings. The first-order chi connectivity index (χ1) is 12.9. The SMILES string of the molecule is COc1ccccc1[C@@H](CNC(=O)c1cc(OC)c(C)c(OC)c1)[NH+](C)C. The average molecular weight is 373 g/mol. The van der Waals surface area contributed by atoms with Gasteiger partial charge in [-0.25, -0.2) is 0 Å². The Labute approximate surface area is 161 Å². The third kappa shape index (κ3) is 4.71. The van der Waals surface area contributed by atoms with E-state index in [-0.39, 0.29) is 11.9 Å². The van der Waals surface area contributed by atoms with E-state index in [4.69, 9.17) is 14.2 Å². The molecule has 0 fully saturated rings. The molecule has 0 aromatic heterocycles. The van der Waals surface area contributed by atoms with Crippen LogP contribution in [0.15, 0.2) is 36.4 Å². The van der Waals surface area contributed by atoms with Gasteiger partial charge in [0, 0.05) is 11.1 Å². The first kappa shape index (κ1) is 20.6. The molecule has 0 saturated carbocycles. The Morgan fingerprint density at radius 1 is 1.00 bits per heavy atom. The second kappa shape index (κ2) is 9.28. The lowest BCUT2D eigenvalue weighted by molar-refractivity contribution is -0.890. The zero-order valence-electron chi connectivity index (χ0n) is 16.9. The molecule has 2 N–H and O–H groups in total. The summed E-state index contributed by atoms with van der Waals surface area (Å²) in [7, 11) is 8.93. The summed E-state index contributed by atoms with van der Waals surface area (Å²) in [6.45, 7) is 2.37. The second-order valence-corrected chi connectivity index (χ2v) is 6.59. The van der Waals surface area contributed by atoms with Gasteiger partial charge in [0.05, 0.1) is 47.5 Å². The predicted molar refractivity (Wildman–Crippen MR) is 105 cm³/mol. The topological polar surface area (TPSA) is 61.2 Å². The number of ether oxygens (including phenoxy) is 3. The van der Waals surface area contributed by atoms with Gasteiger partial charge in [0.15, 0.2) is 0 Å². The molecule has 0 unspecified atom stereocenters. The molecule has 0 bridgehead atoms. The summed E-state index contributed by atoms with van der Waals surface area (Å²) in [5.74, 6) is 1.89. The van der Waals surface area contributed by atoms with Crippen LogP contribution in [-0.4, -0.2) is 47.9 Å². The van der Waals surface area contributed by atoms with Crippen molar-refractivity contribution in [2.75, 3.05) is 42.0 Å². The molecule has 0 saturated heterocycles. The van der Waals surface area contributed by atoms with Crippen LogP contribution in [0.1, 0.15) is 27.5 Å². The Kier molecular flexibility index (Phi) is 7.07. The van der Waals surface area contributed by atoms with E-state index >= 15 is 0 Å². The molecule has 2 aromatic carbocycles. The maximum Gasteiger partial charge on any atom is 0.251 e. The van der Waals surface area contributed by atoms with Crippen LogP contribution in [0.5, 0.6) is 17.2 Å². The third-order valence-corrected chi connectivity index (χ3v) is 4.69. The Balaban J connectivity index is 2.22. The molecule has 0 aliphatic carbocycles. The maximum atomic E-state index is 12.7. The van der Waals surface area contributed by atoms with Crippen molar-refractivity contribution in [2.45, 2.75) is 13.0 Å². The van der Waals surface area contributed by atoms with Crippen molar-refractivity contribution in [3.05, 3.63) is 53.1 Å². The zero-order valence-corrected chi connectivity index (χ0v) is 16.9. The Bertz CT molecular complexity index is 764. The molecule has 0 heterocycles. The highest BCUT2D eigenvalue weighted by Crippen LogP contribution is 2.29. The molecule has 0 aliphatic rings. The van der Waals surface area contributed by atoms with Crippen molar-refractivity contribution in [3.8, 4) is 17.2 Å². The van der Waals surface area contributed by atoms with E-state index in [1.807, 2.05) is 31.2 Å². The third-order valence-electron chi connectivity index (χ3n) is 4.69. The quantitative estimate of drug-likeness (QED) is 0.739. The summed E-state index contributed by atoms with van der Waals surface area (Å²) in [6.07, 6.45) is 0. The van der Waals surface area contributed by atoms with Crippen LogP contribution in [0.2, 0.25) is 0 Å². The Hall–Kier alpha value is -2.73. The van der Waals surface area contributed by atoms with Gasteiger partial charge in [-0.05, 0) is 31.2 Å². The Morgan fingerprint density at radius 2 is 1.56 bits per heavy atom. The van der Waals surface area contributed by atoms with E-state index in [9.17, 15) is 4.79 Å². The second-order valence-electron chi connectivity index (χ2n) is 6.59. The number of hydrogen-bond acceptors (Lipinski definition) is 4. The van der Waals surface area contributed by atoms with Gasteiger partial charge in [-0.2, -0.15) is 0 Å². The Morgan fingerprint density at radius 3 is 2.07 bits per heavy atom. The van der Waals surface area contributed by atoms with Crippen LogP contribution >= 0.6 is 0 Å². The lowest BCUT2D eigenvalue weighted by atomic mass is 10.0. The van der Waals surface area contributed by atoms with Crippen molar-refractivity contribution in [1.29, 1.82) is 0 Å². The van der Waals surface area contributed by atoms with Crippen molar-refractivity contribution in [3.63, 3.8) is 0 Å². The minimum atomic E-state index is -0.173. The molecule has 6 nitrogen and oxygen atoms in total. The van der Waals surface area contributed by atoms with Gasteiger partial charge in [0.1, 0.15) is 23.3 Å². The van der Waals surface area contributed by atoms with Crippen LogP contribution in [0.4, 0.5) is 0 Å². The largest absolute Gasteiger partial charge is 0.496 e. The molecular weight excluding hydrogens is 344 g/mol. The molecule has 0 aliphatic heterocycles. The first-order valence-electron chi connectivity index (χ1n) is 8.86. The number of rotatable bonds is 8. The molecule has 0 spiro atoms. The molecule has 1 atom stereocenters. The van der Waals surface area contributed by atoms with E-state index < -0.39 is 0 Å². The maximum absolute atomic E-state index is 12.7. The van der Waals surface area contributed by atoms with Crippen molar-refractivity contribution in [2.24, 2.45) is 0 Å². The molecule has 0 radical (unpaired) electrons. The van der Waals surface area contributed by atoms with Gasteiger partial charge in [-0.3, -0.25) is 4.79 Å². The van der Waals surface area contributed by atoms with E-state index in [2.05, 4.69) is 19.4 Å². The predicted octanol–water partition coefficient (Wildman–Crippen LogP) is 1.64. The van der Waals surface area contributed by atoms with Crippen LogP contribution in [-0.2, 0) is 0 Å². The number of methoxy groups -OCH3 is 3. The molecule has 27 heavy (non-hydrogen) atoms. The summed E-state index contributed by atoms with van der Waals surface area (Å²) < 4.78 is 16.2. The molecule has 1 amide bonds.